The summed E-state index contributed by atoms with van der Waals surface area (Å²) in [6.07, 6.45) is 1.82. The topological polar surface area (TPSA) is 69.0 Å². The number of thiazole rings is 1. The summed E-state index contributed by atoms with van der Waals surface area (Å²) in [7, 11) is 1.87. The van der Waals surface area contributed by atoms with Gasteiger partial charge in [-0.05, 0) is 43.7 Å². The lowest BCUT2D eigenvalue weighted by molar-refractivity contribution is 0.122. The monoisotopic (exact) mass is 488 g/mol. The van der Waals surface area contributed by atoms with E-state index < -0.39 is 0 Å². The van der Waals surface area contributed by atoms with Gasteiger partial charge in [-0.25, -0.2) is 14.4 Å². The van der Waals surface area contributed by atoms with E-state index in [1.54, 1.807) is 9.36 Å². The Morgan fingerprint density at radius 3 is 2.40 bits per heavy atom. The Bertz CT molecular complexity index is 1470. The SMILES string of the molecule is Cc1csc(=Nc2c(C)n(C)n(-c3ccccc3)c2=O)n1N=Cc1ccc(N2CCOCC2)cc1. The highest BCUT2D eigenvalue weighted by Crippen LogP contribution is 2.18. The lowest BCUT2D eigenvalue weighted by Crippen LogP contribution is -2.36. The van der Waals surface area contributed by atoms with E-state index in [0.717, 1.165) is 48.9 Å². The lowest BCUT2D eigenvalue weighted by atomic mass is 10.2. The number of ether oxygens (including phenoxy) is 1. The van der Waals surface area contributed by atoms with Crippen LogP contribution in [0.5, 0.6) is 0 Å². The normalized spacial score (nSPS) is 14.8. The fourth-order valence-corrected chi connectivity index (χ4v) is 4.91. The Morgan fingerprint density at radius 1 is 0.971 bits per heavy atom. The first-order valence-corrected chi connectivity index (χ1v) is 12.4. The zero-order valence-electron chi connectivity index (χ0n) is 20.1. The molecule has 0 N–H and O–H groups in total. The second kappa shape index (κ2) is 9.89. The maximum atomic E-state index is 13.3. The molecule has 0 saturated carbocycles. The fourth-order valence-electron chi connectivity index (χ4n) is 4.10. The summed E-state index contributed by atoms with van der Waals surface area (Å²) in [5.74, 6) is 0. The fraction of sp³-hybridized carbons (Fsp3) is 0.269. The maximum Gasteiger partial charge on any atom is 0.297 e. The van der Waals surface area contributed by atoms with Gasteiger partial charge in [-0.2, -0.15) is 5.10 Å². The van der Waals surface area contributed by atoms with E-state index in [1.807, 2.05) is 67.5 Å². The van der Waals surface area contributed by atoms with E-state index in [4.69, 9.17) is 9.73 Å². The van der Waals surface area contributed by atoms with Crippen molar-refractivity contribution >= 4 is 28.9 Å². The van der Waals surface area contributed by atoms with Crippen LogP contribution in [0.15, 0.2) is 74.9 Å². The van der Waals surface area contributed by atoms with Crippen molar-refractivity contribution in [3.8, 4) is 5.69 Å². The van der Waals surface area contributed by atoms with Gasteiger partial charge < -0.3 is 9.64 Å². The van der Waals surface area contributed by atoms with Gasteiger partial charge in [-0.1, -0.05) is 30.3 Å². The maximum absolute atomic E-state index is 13.3. The van der Waals surface area contributed by atoms with E-state index in [0.29, 0.717) is 10.5 Å². The molecule has 0 bridgehead atoms. The summed E-state index contributed by atoms with van der Waals surface area (Å²) in [4.78, 5) is 21.0. The van der Waals surface area contributed by atoms with Crippen LogP contribution < -0.4 is 15.3 Å². The molecule has 0 amide bonds. The standard InChI is InChI=1S/C26H28N6O2S/c1-19-18-35-26(28-24-20(2)29(3)32(25(24)33)23-7-5-4-6-8-23)31(19)27-17-21-9-11-22(12-10-21)30-13-15-34-16-14-30/h4-12,17-18H,13-16H2,1-3H3. The molecule has 2 aromatic heterocycles. The molecule has 5 rings (SSSR count). The molecule has 2 aromatic carbocycles. The summed E-state index contributed by atoms with van der Waals surface area (Å²) in [5, 5.41) is 6.67. The van der Waals surface area contributed by atoms with E-state index in [1.165, 1.54) is 17.0 Å². The smallest absolute Gasteiger partial charge is 0.297 e. The summed E-state index contributed by atoms with van der Waals surface area (Å²) in [5.41, 5.74) is 4.99. The number of hydrogen-bond acceptors (Lipinski definition) is 6. The summed E-state index contributed by atoms with van der Waals surface area (Å²) < 4.78 is 10.7. The predicted molar refractivity (Wildman–Crippen MR) is 140 cm³/mol. The third-order valence-electron chi connectivity index (χ3n) is 6.17. The number of morpholine rings is 1. The quantitative estimate of drug-likeness (QED) is 0.403. The van der Waals surface area contributed by atoms with Crippen molar-refractivity contribution in [3.63, 3.8) is 0 Å². The molecule has 180 valence electrons. The molecule has 1 aliphatic heterocycles. The van der Waals surface area contributed by atoms with Crippen molar-refractivity contribution in [2.75, 3.05) is 31.2 Å². The van der Waals surface area contributed by atoms with Crippen molar-refractivity contribution in [1.82, 2.24) is 14.0 Å². The van der Waals surface area contributed by atoms with Gasteiger partial charge in [0.05, 0.1) is 36.5 Å². The van der Waals surface area contributed by atoms with Crippen molar-refractivity contribution in [1.29, 1.82) is 0 Å². The third kappa shape index (κ3) is 4.65. The molecule has 0 atom stereocenters. The van der Waals surface area contributed by atoms with E-state index in [2.05, 4.69) is 34.3 Å². The van der Waals surface area contributed by atoms with Crippen LogP contribution in [0.3, 0.4) is 0 Å². The van der Waals surface area contributed by atoms with Crippen LogP contribution >= 0.6 is 11.3 Å². The van der Waals surface area contributed by atoms with Gasteiger partial charge in [0.25, 0.3) is 5.56 Å². The third-order valence-corrected chi connectivity index (χ3v) is 7.11. The first-order chi connectivity index (χ1) is 17.0. The molecule has 4 aromatic rings. The number of nitrogens with zero attached hydrogens (tertiary/aromatic N) is 6. The van der Waals surface area contributed by atoms with Gasteiger partial charge in [0, 0.05) is 31.2 Å². The Labute approximate surface area is 207 Å². The van der Waals surface area contributed by atoms with E-state index >= 15 is 0 Å². The summed E-state index contributed by atoms with van der Waals surface area (Å²) >= 11 is 1.46. The number of anilines is 1. The molecule has 0 aliphatic carbocycles. The average molecular weight is 489 g/mol. The van der Waals surface area contributed by atoms with Gasteiger partial charge in [0.15, 0.2) is 5.69 Å². The highest BCUT2D eigenvalue weighted by molar-refractivity contribution is 7.07. The van der Waals surface area contributed by atoms with Crippen LogP contribution in [0.1, 0.15) is 17.0 Å². The van der Waals surface area contributed by atoms with Crippen LogP contribution in [-0.4, -0.2) is 46.6 Å². The number of para-hydroxylation sites is 1. The van der Waals surface area contributed by atoms with Crippen LogP contribution in [0, 0.1) is 13.8 Å². The molecule has 9 heteroatoms. The van der Waals surface area contributed by atoms with Gasteiger partial charge in [-0.3, -0.25) is 9.48 Å². The molecule has 35 heavy (non-hydrogen) atoms. The van der Waals surface area contributed by atoms with E-state index in [-0.39, 0.29) is 5.56 Å². The molecule has 8 nitrogen and oxygen atoms in total. The Kier molecular flexibility index (Phi) is 6.52. The van der Waals surface area contributed by atoms with Crippen molar-refractivity contribution in [2.24, 2.45) is 17.1 Å². The van der Waals surface area contributed by atoms with Gasteiger partial charge in [0.1, 0.15) is 0 Å². The molecule has 1 saturated heterocycles. The average Bonchev–Trinajstić information content (AvgIpc) is 3.35. The molecular weight excluding hydrogens is 460 g/mol. The van der Waals surface area contributed by atoms with Gasteiger partial charge in [-0.15, -0.1) is 11.3 Å². The van der Waals surface area contributed by atoms with Crippen LogP contribution in [0.4, 0.5) is 11.4 Å². The molecule has 1 aliphatic rings. The first kappa shape index (κ1) is 23.1. The number of aromatic nitrogens is 3. The minimum atomic E-state index is -0.156. The summed E-state index contributed by atoms with van der Waals surface area (Å²) in [6, 6.07) is 17.9. The van der Waals surface area contributed by atoms with Crippen molar-refractivity contribution in [2.45, 2.75) is 13.8 Å². The van der Waals surface area contributed by atoms with Gasteiger partial charge >= 0.3 is 0 Å². The lowest BCUT2D eigenvalue weighted by Gasteiger charge is -2.28. The molecule has 0 unspecified atom stereocenters. The zero-order chi connectivity index (χ0) is 24.4. The van der Waals surface area contributed by atoms with Crippen molar-refractivity contribution < 1.29 is 4.74 Å². The molecule has 1 fully saturated rings. The Balaban J connectivity index is 1.46. The van der Waals surface area contributed by atoms with Crippen LogP contribution in [-0.2, 0) is 11.8 Å². The second-order valence-corrected chi connectivity index (χ2v) is 9.27. The molecule has 0 spiro atoms. The molecule has 3 heterocycles. The highest BCUT2D eigenvalue weighted by atomic mass is 32.1. The number of hydrogen-bond donors (Lipinski definition) is 0. The molecule has 0 radical (unpaired) electrons. The van der Waals surface area contributed by atoms with Crippen LogP contribution in [0.25, 0.3) is 5.69 Å². The minimum Gasteiger partial charge on any atom is -0.378 e. The first-order valence-electron chi connectivity index (χ1n) is 11.6. The summed E-state index contributed by atoms with van der Waals surface area (Å²) in [6.45, 7) is 7.24. The van der Waals surface area contributed by atoms with Gasteiger partial charge in [0.2, 0.25) is 4.80 Å². The Morgan fingerprint density at radius 2 is 1.69 bits per heavy atom. The zero-order valence-corrected chi connectivity index (χ0v) is 20.9. The number of rotatable bonds is 5. The van der Waals surface area contributed by atoms with E-state index in [9.17, 15) is 4.79 Å². The number of benzene rings is 2. The highest BCUT2D eigenvalue weighted by Gasteiger charge is 2.16. The van der Waals surface area contributed by atoms with Crippen LogP contribution in [0.2, 0.25) is 0 Å². The second-order valence-electron chi connectivity index (χ2n) is 8.43. The molecular formula is C26H28N6O2S. The predicted octanol–water partition coefficient (Wildman–Crippen LogP) is 3.61. The largest absolute Gasteiger partial charge is 0.378 e. The Hall–Kier alpha value is -3.69. The number of aryl methyl sites for hydroxylation is 1. The minimum absolute atomic E-state index is 0.156. The van der Waals surface area contributed by atoms with Crippen molar-refractivity contribution in [3.05, 3.63) is 92.1 Å².